The summed E-state index contributed by atoms with van der Waals surface area (Å²) in [5, 5.41) is 12.2. The number of rotatable bonds is 8. The lowest BCUT2D eigenvalue weighted by Crippen LogP contribution is -2.29. The van der Waals surface area contributed by atoms with E-state index in [1.54, 1.807) is 28.8 Å². The fraction of sp³-hybridized carbons (Fsp3) is 0.160. The van der Waals surface area contributed by atoms with Crippen molar-refractivity contribution in [2.24, 2.45) is 0 Å². The number of carboxylic acid groups (broad SMARTS) is 1. The highest BCUT2D eigenvalue weighted by Crippen LogP contribution is 2.20. The summed E-state index contributed by atoms with van der Waals surface area (Å²) in [4.78, 5) is 49.9. The zero-order chi connectivity index (χ0) is 24.9. The summed E-state index contributed by atoms with van der Waals surface area (Å²) in [7, 11) is 1.29. The van der Waals surface area contributed by atoms with Gasteiger partial charge in [0.1, 0.15) is 5.56 Å². The fourth-order valence-electron chi connectivity index (χ4n) is 3.58. The molecule has 2 heterocycles. The van der Waals surface area contributed by atoms with Gasteiger partial charge in [-0.2, -0.15) is 4.98 Å². The molecule has 1 amide bonds. The molecule has 2 aromatic carbocycles. The molecule has 0 bridgehead atoms. The predicted molar refractivity (Wildman–Crippen MR) is 130 cm³/mol. The van der Waals surface area contributed by atoms with Gasteiger partial charge >= 0.3 is 5.97 Å². The largest absolute Gasteiger partial charge is 0.481 e. The molecule has 35 heavy (non-hydrogen) atoms. The molecule has 178 valence electrons. The van der Waals surface area contributed by atoms with Crippen LogP contribution in [-0.4, -0.2) is 38.6 Å². The molecule has 0 aliphatic heterocycles. The van der Waals surface area contributed by atoms with Crippen LogP contribution < -0.4 is 16.2 Å². The lowest BCUT2D eigenvalue weighted by molar-refractivity contribution is -0.136. The van der Waals surface area contributed by atoms with Crippen molar-refractivity contribution >= 4 is 34.5 Å². The van der Waals surface area contributed by atoms with E-state index in [2.05, 4.69) is 27.7 Å². The van der Waals surface area contributed by atoms with Crippen molar-refractivity contribution in [1.29, 1.82) is 0 Å². The average Bonchev–Trinajstić information content (AvgIpc) is 2.85. The number of benzene rings is 2. The van der Waals surface area contributed by atoms with E-state index in [1.165, 1.54) is 19.5 Å². The van der Waals surface area contributed by atoms with E-state index in [0.29, 0.717) is 22.6 Å². The Morgan fingerprint density at radius 2 is 1.74 bits per heavy atom. The Morgan fingerprint density at radius 1 is 1.06 bits per heavy atom. The van der Waals surface area contributed by atoms with Crippen LogP contribution in [-0.2, 0) is 22.5 Å². The number of amides is 1. The number of carboxylic acids is 1. The maximum atomic E-state index is 13.0. The summed E-state index contributed by atoms with van der Waals surface area (Å²) >= 11 is 0. The molecule has 0 radical (unpaired) electrons. The maximum Gasteiger partial charge on any atom is 0.307 e. The molecule has 0 spiro atoms. The van der Waals surface area contributed by atoms with Gasteiger partial charge in [-0.1, -0.05) is 31.2 Å². The molecule has 0 aliphatic carbocycles. The van der Waals surface area contributed by atoms with E-state index < -0.39 is 17.3 Å². The molecule has 4 rings (SSSR count). The van der Waals surface area contributed by atoms with Gasteiger partial charge in [0.05, 0.1) is 18.9 Å². The molecule has 2 aromatic heterocycles. The SMILES string of the molecule is CCc1ccc(-n2cc(C(=O)NOC)c(=O)c3cnc(Nc4ccc(CC(=O)O)cc4)nc32)cc1. The van der Waals surface area contributed by atoms with Gasteiger partial charge in [0, 0.05) is 23.8 Å². The molecule has 0 aliphatic rings. The van der Waals surface area contributed by atoms with Crippen LogP contribution in [0.25, 0.3) is 16.7 Å². The van der Waals surface area contributed by atoms with Crippen molar-refractivity contribution in [3.63, 3.8) is 0 Å². The monoisotopic (exact) mass is 473 g/mol. The summed E-state index contributed by atoms with van der Waals surface area (Å²) in [5.74, 6) is -1.36. The third kappa shape index (κ3) is 5.17. The number of aryl methyl sites for hydroxylation is 1. The van der Waals surface area contributed by atoms with Gasteiger partial charge in [-0.25, -0.2) is 10.5 Å². The second-order valence-corrected chi connectivity index (χ2v) is 7.72. The Kier molecular flexibility index (Phi) is 6.83. The Hall–Kier alpha value is -4.57. The number of aromatic nitrogens is 3. The van der Waals surface area contributed by atoms with E-state index >= 15 is 0 Å². The van der Waals surface area contributed by atoms with Crippen LogP contribution in [0, 0.1) is 0 Å². The Balaban J connectivity index is 1.80. The number of fused-ring (bicyclic) bond motifs is 1. The number of hydrogen-bond donors (Lipinski definition) is 3. The van der Waals surface area contributed by atoms with Crippen LogP contribution in [0.3, 0.4) is 0 Å². The highest BCUT2D eigenvalue weighted by atomic mass is 16.6. The zero-order valence-corrected chi connectivity index (χ0v) is 19.1. The number of hydroxylamine groups is 1. The maximum absolute atomic E-state index is 13.0. The number of carbonyl (C=O) groups is 2. The number of nitrogens with zero attached hydrogens (tertiary/aromatic N) is 3. The highest BCUT2D eigenvalue weighted by molar-refractivity contribution is 5.96. The topological polar surface area (TPSA) is 135 Å². The van der Waals surface area contributed by atoms with Crippen LogP contribution in [0.4, 0.5) is 11.6 Å². The normalized spacial score (nSPS) is 10.8. The Bertz CT molecular complexity index is 1450. The second-order valence-electron chi connectivity index (χ2n) is 7.72. The zero-order valence-electron chi connectivity index (χ0n) is 19.1. The molecule has 3 N–H and O–H groups in total. The van der Waals surface area contributed by atoms with Gasteiger partial charge in [0.15, 0.2) is 5.65 Å². The lowest BCUT2D eigenvalue weighted by atomic mass is 10.1. The van der Waals surface area contributed by atoms with E-state index in [9.17, 15) is 14.4 Å². The molecule has 0 saturated carbocycles. The van der Waals surface area contributed by atoms with Gasteiger partial charge in [-0.3, -0.25) is 19.2 Å². The fourth-order valence-corrected chi connectivity index (χ4v) is 3.58. The minimum atomic E-state index is -0.910. The van der Waals surface area contributed by atoms with Crippen LogP contribution in [0.2, 0.25) is 0 Å². The average molecular weight is 473 g/mol. The number of carbonyl (C=O) groups excluding carboxylic acids is 1. The van der Waals surface area contributed by atoms with Crippen LogP contribution >= 0.6 is 0 Å². The molecule has 0 fully saturated rings. The Morgan fingerprint density at radius 3 is 2.37 bits per heavy atom. The van der Waals surface area contributed by atoms with E-state index in [4.69, 9.17) is 9.94 Å². The van der Waals surface area contributed by atoms with Crippen LogP contribution in [0.1, 0.15) is 28.4 Å². The number of anilines is 2. The summed E-state index contributed by atoms with van der Waals surface area (Å²) in [6.07, 6.45) is 3.59. The smallest absolute Gasteiger partial charge is 0.307 e. The van der Waals surface area contributed by atoms with Gasteiger partial charge in [0.2, 0.25) is 11.4 Å². The highest BCUT2D eigenvalue weighted by Gasteiger charge is 2.18. The third-order valence-electron chi connectivity index (χ3n) is 5.37. The first-order valence-corrected chi connectivity index (χ1v) is 10.8. The number of nitrogens with one attached hydrogen (secondary N) is 2. The molecule has 10 nitrogen and oxygen atoms in total. The van der Waals surface area contributed by atoms with Gasteiger partial charge in [-0.15, -0.1) is 0 Å². The predicted octanol–water partition coefficient (Wildman–Crippen LogP) is 3.01. The van der Waals surface area contributed by atoms with Crippen molar-refractivity contribution in [2.75, 3.05) is 12.4 Å². The summed E-state index contributed by atoms with van der Waals surface area (Å²) in [5.41, 5.74) is 5.01. The quantitative estimate of drug-likeness (QED) is 0.332. The first-order chi connectivity index (χ1) is 16.9. The molecule has 0 atom stereocenters. The minimum absolute atomic E-state index is 0.0746. The van der Waals surface area contributed by atoms with Gasteiger partial charge < -0.3 is 15.0 Å². The second kappa shape index (κ2) is 10.1. The van der Waals surface area contributed by atoms with E-state index in [-0.39, 0.29) is 23.3 Å². The summed E-state index contributed by atoms with van der Waals surface area (Å²) in [6, 6.07) is 14.5. The standard InChI is InChI=1S/C25H23N5O5/c1-3-15-6-10-18(11-7-15)30-14-20(24(34)29-35-2)22(33)19-13-26-25(28-23(19)30)27-17-8-4-16(5-9-17)12-21(31)32/h4-11,13-14H,3,12H2,1-2H3,(H,29,34)(H,31,32)(H,26,27,28). The first kappa shape index (κ1) is 23.6. The van der Waals surface area contributed by atoms with Crippen molar-refractivity contribution in [3.8, 4) is 5.69 Å². The van der Waals surface area contributed by atoms with E-state index in [1.807, 2.05) is 24.3 Å². The Labute approximate surface area is 200 Å². The van der Waals surface area contributed by atoms with Crippen LogP contribution in [0.15, 0.2) is 65.7 Å². The number of aliphatic carboxylic acids is 1. The molecule has 4 aromatic rings. The molecular weight excluding hydrogens is 450 g/mol. The van der Waals surface area contributed by atoms with Crippen molar-refractivity contribution in [3.05, 3.63) is 87.8 Å². The minimum Gasteiger partial charge on any atom is -0.481 e. The first-order valence-electron chi connectivity index (χ1n) is 10.8. The number of pyridine rings is 1. The summed E-state index contributed by atoms with van der Waals surface area (Å²) < 4.78 is 1.66. The molecule has 0 saturated heterocycles. The number of hydrogen-bond acceptors (Lipinski definition) is 7. The lowest BCUT2D eigenvalue weighted by Gasteiger charge is -2.14. The van der Waals surface area contributed by atoms with E-state index in [0.717, 1.165) is 12.0 Å². The van der Waals surface area contributed by atoms with Crippen molar-refractivity contribution in [2.45, 2.75) is 19.8 Å². The molecule has 10 heteroatoms. The van der Waals surface area contributed by atoms with Crippen LogP contribution in [0.5, 0.6) is 0 Å². The van der Waals surface area contributed by atoms with Gasteiger partial charge in [0.25, 0.3) is 5.91 Å². The van der Waals surface area contributed by atoms with Crippen molar-refractivity contribution in [1.82, 2.24) is 20.0 Å². The molecular formula is C25H23N5O5. The van der Waals surface area contributed by atoms with Gasteiger partial charge in [-0.05, 0) is 41.8 Å². The third-order valence-corrected chi connectivity index (χ3v) is 5.37. The molecule has 0 unspecified atom stereocenters. The van der Waals surface area contributed by atoms with Crippen molar-refractivity contribution < 1.29 is 19.5 Å². The summed E-state index contributed by atoms with van der Waals surface area (Å²) in [6.45, 7) is 2.05.